The number of anilines is 1. The van der Waals surface area contributed by atoms with Gasteiger partial charge in [0, 0.05) is 34.0 Å². The van der Waals surface area contributed by atoms with Crippen molar-refractivity contribution < 1.29 is 34.1 Å². The smallest absolute Gasteiger partial charge is 0.412 e. The normalized spacial score (nSPS) is 12.9. The van der Waals surface area contributed by atoms with Gasteiger partial charge in [-0.1, -0.05) is 15.9 Å². The number of aliphatic carboxylic acids is 1. The van der Waals surface area contributed by atoms with E-state index in [1.807, 2.05) is 0 Å². The zero-order chi connectivity index (χ0) is 23.0. The number of carboxylic acid groups (broad SMARTS) is 1. The van der Waals surface area contributed by atoms with E-state index in [9.17, 15) is 19.5 Å². The van der Waals surface area contributed by atoms with E-state index >= 15 is 0 Å². The Kier molecular flexibility index (Phi) is 8.77. The Balaban J connectivity index is 2.32. The van der Waals surface area contributed by atoms with Crippen LogP contribution in [0.3, 0.4) is 0 Å². The number of carbonyl (C=O) groups excluding carboxylic acids is 2. The van der Waals surface area contributed by atoms with Crippen LogP contribution in [0.5, 0.6) is 5.75 Å². The highest BCUT2D eigenvalue weighted by atomic mass is 79.9. The van der Waals surface area contributed by atoms with Crippen molar-refractivity contribution in [2.75, 3.05) is 11.9 Å². The van der Waals surface area contributed by atoms with Gasteiger partial charge in [-0.25, -0.2) is 9.59 Å². The van der Waals surface area contributed by atoms with E-state index in [4.69, 9.17) is 14.6 Å². The Morgan fingerprint density at radius 3 is 2.42 bits per heavy atom. The summed E-state index contributed by atoms with van der Waals surface area (Å²) in [6.07, 6.45) is -0.861. The first kappa shape index (κ1) is 24.1. The predicted molar refractivity (Wildman–Crippen MR) is 117 cm³/mol. The molecule has 0 aliphatic rings. The van der Waals surface area contributed by atoms with E-state index in [0.29, 0.717) is 15.7 Å². The van der Waals surface area contributed by atoms with E-state index in [1.165, 1.54) is 19.1 Å². The zero-order valence-corrected chi connectivity index (χ0v) is 18.5. The number of phenols is 1. The standard InChI is InChI=1S/C22H22BrNO7/c1-3-30-19(10-11-20(27)28)21(17-12-15(23)6-9-18(17)26)31-22(29)24-16-7-4-14(5-8-16)13(2)25/h4-12,19,21,26H,3H2,1-2H3,(H,24,29)(H,27,28)/b11-10+/t19-,21-/m0/s1. The summed E-state index contributed by atoms with van der Waals surface area (Å²) < 4.78 is 11.7. The number of nitrogens with one attached hydrogen (secondary N) is 1. The molecule has 2 rings (SSSR count). The Bertz CT molecular complexity index is 972. The van der Waals surface area contributed by atoms with Gasteiger partial charge >= 0.3 is 12.1 Å². The molecular weight excluding hydrogens is 470 g/mol. The largest absolute Gasteiger partial charge is 0.508 e. The van der Waals surface area contributed by atoms with E-state index < -0.39 is 24.3 Å². The first-order valence-corrected chi connectivity index (χ1v) is 10.1. The molecule has 0 heterocycles. The molecule has 9 heteroatoms. The third-order valence-corrected chi connectivity index (χ3v) is 4.65. The summed E-state index contributed by atoms with van der Waals surface area (Å²) in [6, 6.07) is 10.8. The third-order valence-electron chi connectivity index (χ3n) is 4.15. The van der Waals surface area contributed by atoms with Crippen molar-refractivity contribution in [3.05, 3.63) is 70.2 Å². The minimum Gasteiger partial charge on any atom is -0.508 e. The van der Waals surface area contributed by atoms with Crippen molar-refractivity contribution in [1.29, 1.82) is 0 Å². The maximum Gasteiger partial charge on any atom is 0.412 e. The average molecular weight is 492 g/mol. The zero-order valence-electron chi connectivity index (χ0n) is 16.9. The maximum absolute atomic E-state index is 12.6. The lowest BCUT2D eigenvalue weighted by atomic mass is 10.0. The van der Waals surface area contributed by atoms with Crippen LogP contribution in [0.25, 0.3) is 0 Å². The molecule has 0 saturated carbocycles. The van der Waals surface area contributed by atoms with E-state index in [0.717, 1.165) is 6.08 Å². The number of hydrogen-bond donors (Lipinski definition) is 3. The predicted octanol–water partition coefficient (Wildman–Crippen LogP) is 4.69. The number of aromatic hydroxyl groups is 1. The van der Waals surface area contributed by atoms with Gasteiger partial charge in [0.05, 0.1) is 0 Å². The van der Waals surface area contributed by atoms with Crippen LogP contribution < -0.4 is 5.32 Å². The number of benzene rings is 2. The Hall–Kier alpha value is -3.17. The lowest BCUT2D eigenvalue weighted by Crippen LogP contribution is -2.28. The van der Waals surface area contributed by atoms with Crippen LogP contribution >= 0.6 is 15.9 Å². The van der Waals surface area contributed by atoms with Crippen LogP contribution in [0.1, 0.15) is 35.9 Å². The molecule has 31 heavy (non-hydrogen) atoms. The highest BCUT2D eigenvalue weighted by Gasteiger charge is 2.29. The molecule has 2 aromatic carbocycles. The molecule has 164 valence electrons. The van der Waals surface area contributed by atoms with Gasteiger partial charge in [-0.2, -0.15) is 0 Å². The number of ketones is 1. The van der Waals surface area contributed by atoms with Gasteiger partial charge in [0.2, 0.25) is 0 Å². The van der Waals surface area contributed by atoms with Gasteiger partial charge in [-0.15, -0.1) is 0 Å². The first-order valence-electron chi connectivity index (χ1n) is 9.31. The topological polar surface area (TPSA) is 122 Å². The molecule has 0 radical (unpaired) electrons. The second kappa shape index (κ2) is 11.3. The van der Waals surface area contributed by atoms with Crippen LogP contribution in [-0.2, 0) is 14.3 Å². The number of halogens is 1. The Morgan fingerprint density at radius 1 is 1.16 bits per heavy atom. The number of phenolic OH excluding ortho intramolecular Hbond substituents is 1. The van der Waals surface area contributed by atoms with Crippen LogP contribution in [0.2, 0.25) is 0 Å². The number of amides is 1. The molecule has 3 N–H and O–H groups in total. The van der Waals surface area contributed by atoms with Crippen LogP contribution in [0, 0.1) is 0 Å². The van der Waals surface area contributed by atoms with E-state index in [2.05, 4.69) is 21.2 Å². The summed E-state index contributed by atoms with van der Waals surface area (Å²) in [5.74, 6) is -1.46. The lowest BCUT2D eigenvalue weighted by molar-refractivity contribution is -0.131. The monoisotopic (exact) mass is 491 g/mol. The fourth-order valence-corrected chi connectivity index (χ4v) is 3.10. The lowest BCUT2D eigenvalue weighted by Gasteiger charge is -2.26. The Labute approximate surface area is 187 Å². The summed E-state index contributed by atoms with van der Waals surface area (Å²) in [7, 11) is 0. The highest BCUT2D eigenvalue weighted by Crippen LogP contribution is 2.34. The molecule has 0 spiro atoms. The van der Waals surface area contributed by atoms with Gasteiger partial charge in [0.25, 0.3) is 0 Å². The van der Waals surface area contributed by atoms with Gasteiger partial charge in [0.1, 0.15) is 11.9 Å². The van der Waals surface area contributed by atoms with E-state index in [1.54, 1.807) is 43.3 Å². The molecule has 0 unspecified atom stereocenters. The minimum absolute atomic E-state index is 0.107. The summed E-state index contributed by atoms with van der Waals surface area (Å²) in [6.45, 7) is 3.34. The van der Waals surface area contributed by atoms with Crippen molar-refractivity contribution in [2.24, 2.45) is 0 Å². The van der Waals surface area contributed by atoms with Crippen LogP contribution in [-0.4, -0.2) is 40.8 Å². The summed E-state index contributed by atoms with van der Waals surface area (Å²) in [5, 5.41) is 21.8. The van der Waals surface area contributed by atoms with Gasteiger partial charge in [-0.3, -0.25) is 10.1 Å². The number of Topliss-reactive ketones (excluding diaryl/α,β-unsaturated/α-hetero) is 1. The van der Waals surface area contributed by atoms with Crippen LogP contribution in [0.4, 0.5) is 10.5 Å². The molecule has 2 aromatic rings. The summed E-state index contributed by atoms with van der Waals surface area (Å²) in [4.78, 5) is 34.9. The Morgan fingerprint density at radius 2 is 1.84 bits per heavy atom. The van der Waals surface area contributed by atoms with Gasteiger partial charge in [-0.05, 0) is 62.4 Å². The van der Waals surface area contributed by atoms with Crippen LogP contribution in [0.15, 0.2) is 59.1 Å². The molecule has 0 bridgehead atoms. The SMILES string of the molecule is CCO[C@@H](/C=C/C(=O)O)[C@@H](OC(=O)Nc1ccc(C(C)=O)cc1)c1cc(Br)ccc1O. The molecule has 0 aromatic heterocycles. The van der Waals surface area contributed by atoms with Crippen molar-refractivity contribution in [3.8, 4) is 5.75 Å². The maximum atomic E-state index is 12.6. The number of ether oxygens (including phenoxy) is 2. The van der Waals surface area contributed by atoms with Crippen molar-refractivity contribution in [3.63, 3.8) is 0 Å². The number of carboxylic acids is 1. The number of carbonyl (C=O) groups is 3. The molecule has 0 saturated heterocycles. The highest BCUT2D eigenvalue weighted by molar-refractivity contribution is 9.10. The first-order chi connectivity index (χ1) is 14.7. The average Bonchev–Trinajstić information content (AvgIpc) is 2.71. The number of rotatable bonds is 9. The van der Waals surface area contributed by atoms with Crippen molar-refractivity contribution >= 4 is 39.5 Å². The molecule has 0 aliphatic heterocycles. The number of hydrogen-bond acceptors (Lipinski definition) is 6. The van der Waals surface area contributed by atoms with Crippen molar-refractivity contribution in [2.45, 2.75) is 26.1 Å². The quantitative estimate of drug-likeness (QED) is 0.343. The van der Waals surface area contributed by atoms with E-state index in [-0.39, 0.29) is 23.7 Å². The molecular formula is C22H22BrNO7. The summed E-state index contributed by atoms with van der Waals surface area (Å²) >= 11 is 3.31. The molecule has 8 nitrogen and oxygen atoms in total. The van der Waals surface area contributed by atoms with Gasteiger partial charge in [0.15, 0.2) is 11.9 Å². The van der Waals surface area contributed by atoms with Gasteiger partial charge < -0.3 is 19.7 Å². The molecule has 0 fully saturated rings. The third kappa shape index (κ3) is 7.23. The molecule has 0 aliphatic carbocycles. The molecule has 2 atom stereocenters. The van der Waals surface area contributed by atoms with Crippen molar-refractivity contribution in [1.82, 2.24) is 0 Å². The summed E-state index contributed by atoms with van der Waals surface area (Å²) in [5.41, 5.74) is 1.11. The second-order valence-corrected chi connectivity index (χ2v) is 7.32. The fraction of sp³-hybridized carbons (Fsp3) is 0.227. The second-order valence-electron chi connectivity index (χ2n) is 6.40. The minimum atomic E-state index is -1.20. The fourth-order valence-electron chi connectivity index (χ4n) is 2.73. The molecule has 1 amide bonds.